The number of carbonyl (C=O) groups excluding carboxylic acids is 3. The number of carbonyl (C=O) groups is 3. The van der Waals surface area contributed by atoms with E-state index in [2.05, 4.69) is 0 Å². The minimum absolute atomic E-state index is 0.0576. The summed E-state index contributed by atoms with van der Waals surface area (Å²) in [6.07, 6.45) is 7.53. The lowest BCUT2D eigenvalue weighted by Gasteiger charge is -2.29. The molecule has 0 N–H and O–H groups in total. The Hall–Kier alpha value is -4.20. The van der Waals surface area contributed by atoms with Crippen LogP contribution < -0.4 is 15.0 Å². The van der Waals surface area contributed by atoms with Crippen molar-refractivity contribution in [3.8, 4) is 11.5 Å². The van der Waals surface area contributed by atoms with Crippen LogP contribution in [0, 0.1) is 0 Å². The number of aryl methyl sites for hydroxylation is 2. The molecule has 3 aliphatic rings. The van der Waals surface area contributed by atoms with Crippen molar-refractivity contribution in [2.24, 2.45) is 0 Å². The van der Waals surface area contributed by atoms with Gasteiger partial charge in [-0.2, -0.15) is 0 Å². The highest BCUT2D eigenvalue weighted by Gasteiger charge is 2.38. The highest BCUT2D eigenvalue weighted by Crippen LogP contribution is 2.47. The number of hydrogen-bond acceptors (Lipinski definition) is 7. The maximum Gasteiger partial charge on any atom is 0.342 e. The molecular formula is C33H33NO7. The first-order chi connectivity index (χ1) is 19.9. The Balaban J connectivity index is 1.53. The molecule has 41 heavy (non-hydrogen) atoms. The molecule has 212 valence electrons. The second-order valence-electron chi connectivity index (χ2n) is 11.1. The summed E-state index contributed by atoms with van der Waals surface area (Å²) < 4.78 is 19.2. The molecule has 0 bridgehead atoms. The van der Waals surface area contributed by atoms with Gasteiger partial charge in [-0.15, -0.1) is 0 Å². The molecule has 0 aliphatic carbocycles. The van der Waals surface area contributed by atoms with E-state index in [1.165, 1.54) is 7.11 Å². The summed E-state index contributed by atoms with van der Waals surface area (Å²) in [7, 11) is 1.47. The Kier molecular flexibility index (Phi) is 7.24. The molecule has 0 radical (unpaired) electrons. The monoisotopic (exact) mass is 555 g/mol. The molecule has 4 heterocycles. The summed E-state index contributed by atoms with van der Waals surface area (Å²) in [4.78, 5) is 52.6. The first-order valence-electron chi connectivity index (χ1n) is 14.4. The van der Waals surface area contributed by atoms with E-state index in [9.17, 15) is 19.2 Å². The lowest BCUT2D eigenvalue weighted by atomic mass is 9.83. The number of benzene rings is 2. The van der Waals surface area contributed by atoms with Crippen LogP contribution in [0.2, 0.25) is 0 Å². The maximum atomic E-state index is 13.8. The molecule has 2 atom stereocenters. The number of ketones is 1. The van der Waals surface area contributed by atoms with Gasteiger partial charge in [-0.1, -0.05) is 30.4 Å². The third-order valence-electron chi connectivity index (χ3n) is 8.37. The topological polar surface area (TPSA) is 101 Å². The quantitative estimate of drug-likeness (QED) is 0.305. The number of fused-ring (bicyclic) bond motifs is 2. The van der Waals surface area contributed by atoms with Crippen molar-refractivity contribution >= 4 is 34.7 Å². The van der Waals surface area contributed by atoms with Gasteiger partial charge >= 0.3 is 11.9 Å². The summed E-state index contributed by atoms with van der Waals surface area (Å²) in [5, 5.41) is 0.932. The van der Waals surface area contributed by atoms with Gasteiger partial charge in [0.2, 0.25) is 0 Å². The van der Waals surface area contributed by atoms with Crippen LogP contribution in [0.4, 0.5) is 0 Å². The second kappa shape index (κ2) is 11.0. The molecule has 3 aromatic rings. The minimum atomic E-state index is -0.662. The van der Waals surface area contributed by atoms with Gasteiger partial charge in [0, 0.05) is 36.4 Å². The average molecular weight is 556 g/mol. The van der Waals surface area contributed by atoms with Crippen LogP contribution in [0.5, 0.6) is 11.5 Å². The van der Waals surface area contributed by atoms with Crippen molar-refractivity contribution in [3.63, 3.8) is 0 Å². The number of methoxy groups -OCH3 is 1. The Labute approximate surface area is 237 Å². The average Bonchev–Trinajstić information content (AvgIpc) is 3.38. The summed E-state index contributed by atoms with van der Waals surface area (Å²) in [5.74, 6) is -0.965. The van der Waals surface area contributed by atoms with Crippen molar-refractivity contribution in [2.75, 3.05) is 7.11 Å². The van der Waals surface area contributed by atoms with Crippen molar-refractivity contribution in [2.45, 2.75) is 76.9 Å². The molecule has 0 saturated carbocycles. The van der Waals surface area contributed by atoms with Crippen LogP contribution in [0.3, 0.4) is 0 Å². The van der Waals surface area contributed by atoms with E-state index in [0.29, 0.717) is 61.8 Å². The van der Waals surface area contributed by atoms with Gasteiger partial charge in [0.1, 0.15) is 22.8 Å². The van der Waals surface area contributed by atoms with Crippen molar-refractivity contribution in [1.29, 1.82) is 0 Å². The van der Waals surface area contributed by atoms with Gasteiger partial charge in [-0.3, -0.25) is 14.4 Å². The number of nitrogens with zero attached hydrogens (tertiary/aromatic N) is 1. The fraction of sp³-hybridized carbons (Fsp3) is 0.394. The standard InChI is InChI=1S/C33H33NO7/c1-19-8-6-13-23(35)12-5-3-4-9-21-17-26-29(31(39-2)28(21)33(38)40-19)24(18-27(36)41-26)25-16-22-11-7-10-20-14-15-34(30(20)22)32(25)37/h4,7,9-11,16-17,19,24H,3,5-6,8,12-15,18H2,1-2H3. The second-order valence-corrected chi connectivity index (χ2v) is 11.1. The third-order valence-corrected chi connectivity index (χ3v) is 8.37. The van der Waals surface area contributed by atoms with E-state index in [0.717, 1.165) is 22.9 Å². The summed E-state index contributed by atoms with van der Waals surface area (Å²) in [6.45, 7) is 2.39. The molecule has 0 spiro atoms. The van der Waals surface area contributed by atoms with Crippen LogP contribution in [0.25, 0.3) is 17.0 Å². The number of aromatic nitrogens is 1. The number of allylic oxidation sites excluding steroid dienone is 1. The van der Waals surface area contributed by atoms with E-state index in [4.69, 9.17) is 14.2 Å². The molecule has 0 fully saturated rings. The summed E-state index contributed by atoms with van der Waals surface area (Å²) >= 11 is 0. The van der Waals surface area contributed by atoms with E-state index in [1.807, 2.05) is 37.3 Å². The molecule has 1 aromatic heterocycles. The molecule has 0 saturated heterocycles. The van der Waals surface area contributed by atoms with Crippen molar-refractivity contribution < 1.29 is 28.6 Å². The highest BCUT2D eigenvalue weighted by molar-refractivity contribution is 5.99. The molecule has 3 aliphatic heterocycles. The normalized spacial score (nSPS) is 21.1. The zero-order valence-electron chi connectivity index (χ0n) is 23.4. The maximum absolute atomic E-state index is 13.8. The predicted octanol–water partition coefficient (Wildman–Crippen LogP) is 5.49. The number of pyridine rings is 1. The smallest absolute Gasteiger partial charge is 0.342 e. The van der Waals surface area contributed by atoms with E-state index in [1.54, 1.807) is 16.7 Å². The number of esters is 2. The molecule has 2 unspecified atom stereocenters. The van der Waals surface area contributed by atoms with Crippen LogP contribution in [0.1, 0.15) is 90.4 Å². The van der Waals surface area contributed by atoms with Gasteiger partial charge in [0.25, 0.3) is 5.56 Å². The number of hydrogen-bond donors (Lipinski definition) is 0. The Morgan fingerprint density at radius 3 is 2.68 bits per heavy atom. The van der Waals surface area contributed by atoms with E-state index in [-0.39, 0.29) is 34.8 Å². The summed E-state index contributed by atoms with van der Waals surface area (Å²) in [5.41, 5.74) is 3.60. The van der Waals surface area contributed by atoms with Crippen molar-refractivity contribution in [3.05, 3.63) is 74.6 Å². The fourth-order valence-electron chi connectivity index (χ4n) is 6.42. The first-order valence-corrected chi connectivity index (χ1v) is 14.4. The van der Waals surface area contributed by atoms with Gasteiger partial charge in [-0.05, 0) is 67.7 Å². The fourth-order valence-corrected chi connectivity index (χ4v) is 6.42. The van der Waals surface area contributed by atoms with Gasteiger partial charge in [0.05, 0.1) is 25.2 Å². The zero-order chi connectivity index (χ0) is 28.7. The number of cyclic esters (lactones) is 1. The lowest BCUT2D eigenvalue weighted by Crippen LogP contribution is -2.30. The minimum Gasteiger partial charge on any atom is -0.495 e. The van der Waals surface area contributed by atoms with E-state index < -0.39 is 24.0 Å². The summed E-state index contributed by atoms with van der Waals surface area (Å²) in [6, 6.07) is 9.52. The van der Waals surface area contributed by atoms with E-state index >= 15 is 0 Å². The highest BCUT2D eigenvalue weighted by atomic mass is 16.5. The largest absolute Gasteiger partial charge is 0.495 e. The molecule has 2 aromatic carbocycles. The third kappa shape index (κ3) is 4.96. The number of ether oxygens (including phenoxy) is 3. The lowest BCUT2D eigenvalue weighted by molar-refractivity contribution is -0.135. The van der Waals surface area contributed by atoms with Gasteiger partial charge in [-0.25, -0.2) is 4.79 Å². The Morgan fingerprint density at radius 1 is 1.02 bits per heavy atom. The van der Waals surface area contributed by atoms with Crippen molar-refractivity contribution in [1.82, 2.24) is 4.57 Å². The molecule has 8 heteroatoms. The van der Waals surface area contributed by atoms with Gasteiger partial charge < -0.3 is 18.8 Å². The van der Waals surface area contributed by atoms with Crippen LogP contribution in [0.15, 0.2) is 41.2 Å². The number of Topliss-reactive ketones (excluding diaryl/α,β-unsaturated/α-hetero) is 1. The number of para-hydroxylation sites is 1. The SMILES string of the molecule is COc1c2c(cc3c1C(c1cc4cccc5c4n(c1=O)CC5)CC(=O)O3)C=CCCCC(=O)CCCC(C)OC2=O. The Morgan fingerprint density at radius 2 is 1.85 bits per heavy atom. The van der Waals surface area contributed by atoms with Crippen LogP contribution in [-0.4, -0.2) is 35.5 Å². The zero-order valence-corrected chi connectivity index (χ0v) is 23.4. The molecule has 6 rings (SSSR count). The predicted molar refractivity (Wildman–Crippen MR) is 154 cm³/mol. The van der Waals surface area contributed by atoms with Gasteiger partial charge in [0.15, 0.2) is 0 Å². The Bertz CT molecular complexity index is 1660. The molecule has 8 nitrogen and oxygen atoms in total. The molecular weight excluding hydrogens is 522 g/mol. The van der Waals surface area contributed by atoms with Crippen LogP contribution in [-0.2, 0) is 27.3 Å². The first kappa shape index (κ1) is 27.0. The molecule has 0 amide bonds. The van der Waals surface area contributed by atoms with Crippen LogP contribution >= 0.6 is 0 Å². The number of rotatable bonds is 2.